The monoisotopic (exact) mass is 311 g/mol. The molecule has 0 saturated carbocycles. The zero-order valence-corrected chi connectivity index (χ0v) is 12.3. The van der Waals surface area contributed by atoms with Crippen LogP contribution in [0.15, 0.2) is 36.4 Å². The second-order valence-corrected chi connectivity index (χ2v) is 5.33. The van der Waals surface area contributed by atoms with E-state index in [2.05, 4.69) is 5.32 Å². The molecule has 2 rings (SSSR count). The molecular formula is C16H16ClF2NO. The molecule has 2 aromatic rings. The minimum atomic E-state index is -0.552. The van der Waals surface area contributed by atoms with Gasteiger partial charge in [0.05, 0.1) is 0 Å². The van der Waals surface area contributed by atoms with Gasteiger partial charge in [0.25, 0.3) is 0 Å². The molecule has 0 heterocycles. The second-order valence-electron chi connectivity index (χ2n) is 4.92. The summed E-state index contributed by atoms with van der Waals surface area (Å²) >= 11 is 6.00. The summed E-state index contributed by atoms with van der Waals surface area (Å²) in [5.74, 6) is -1.01. The topological polar surface area (TPSA) is 32.3 Å². The summed E-state index contributed by atoms with van der Waals surface area (Å²) in [5, 5.41) is 13.3. The highest BCUT2D eigenvalue weighted by Crippen LogP contribution is 2.25. The summed E-state index contributed by atoms with van der Waals surface area (Å²) in [6.07, 6.45) is 0.212. The maximum absolute atomic E-state index is 13.6. The Bertz CT molecular complexity index is 593. The molecule has 0 saturated heterocycles. The molecule has 21 heavy (non-hydrogen) atoms. The van der Waals surface area contributed by atoms with Crippen molar-refractivity contribution in [1.82, 2.24) is 5.32 Å². The van der Waals surface area contributed by atoms with Crippen molar-refractivity contribution in [3.8, 4) is 5.75 Å². The predicted octanol–water partition coefficient (Wildman–Crippen LogP) is 4.04. The van der Waals surface area contributed by atoms with Gasteiger partial charge in [-0.1, -0.05) is 23.7 Å². The van der Waals surface area contributed by atoms with Crippen LogP contribution in [-0.4, -0.2) is 11.1 Å². The largest absolute Gasteiger partial charge is 0.508 e. The fraction of sp³-hybridized carbons (Fsp3) is 0.250. The lowest BCUT2D eigenvalue weighted by Crippen LogP contribution is -2.28. The van der Waals surface area contributed by atoms with E-state index in [0.29, 0.717) is 17.1 Å². The summed E-state index contributed by atoms with van der Waals surface area (Å²) in [6, 6.07) is 8.53. The van der Waals surface area contributed by atoms with E-state index in [1.807, 2.05) is 6.92 Å². The zero-order chi connectivity index (χ0) is 15.4. The van der Waals surface area contributed by atoms with Crippen molar-refractivity contribution in [2.75, 3.05) is 0 Å². The first kappa shape index (κ1) is 15.7. The lowest BCUT2D eigenvalue weighted by Gasteiger charge is -2.16. The van der Waals surface area contributed by atoms with Gasteiger partial charge in [0, 0.05) is 28.7 Å². The van der Waals surface area contributed by atoms with Gasteiger partial charge in [-0.2, -0.15) is 0 Å². The summed E-state index contributed by atoms with van der Waals surface area (Å²) in [4.78, 5) is 0. The Kier molecular flexibility index (Phi) is 5.15. The standard InChI is InChI=1S/C16H16ClF2NO/c1-10(8-11-14(18)5-3-6-15(11)19)20-9-12-13(17)4-2-7-16(12)21/h2-7,10,20-21H,8-9H2,1H3. The molecule has 2 aromatic carbocycles. The van der Waals surface area contributed by atoms with Crippen LogP contribution >= 0.6 is 11.6 Å². The van der Waals surface area contributed by atoms with Gasteiger partial charge in [0.2, 0.25) is 0 Å². The van der Waals surface area contributed by atoms with Crippen molar-refractivity contribution in [2.24, 2.45) is 0 Å². The van der Waals surface area contributed by atoms with Crippen LogP contribution in [0, 0.1) is 11.6 Å². The number of rotatable bonds is 5. The Morgan fingerprint density at radius 1 is 1.10 bits per heavy atom. The van der Waals surface area contributed by atoms with Crippen molar-refractivity contribution < 1.29 is 13.9 Å². The molecule has 0 aromatic heterocycles. The van der Waals surface area contributed by atoms with Crippen LogP contribution in [0.1, 0.15) is 18.1 Å². The number of benzene rings is 2. The number of phenols is 1. The van der Waals surface area contributed by atoms with Crippen molar-refractivity contribution in [3.05, 3.63) is 64.2 Å². The van der Waals surface area contributed by atoms with Gasteiger partial charge in [-0.25, -0.2) is 8.78 Å². The minimum absolute atomic E-state index is 0.0564. The van der Waals surface area contributed by atoms with Crippen molar-refractivity contribution in [1.29, 1.82) is 0 Å². The van der Waals surface area contributed by atoms with E-state index in [-0.39, 0.29) is 23.8 Å². The molecule has 0 aliphatic carbocycles. The van der Waals surface area contributed by atoms with Crippen LogP contribution in [0.3, 0.4) is 0 Å². The Labute approximate surface area is 127 Å². The van der Waals surface area contributed by atoms with Gasteiger partial charge in [0.1, 0.15) is 17.4 Å². The number of aromatic hydroxyl groups is 1. The van der Waals surface area contributed by atoms with Crippen molar-refractivity contribution >= 4 is 11.6 Å². The number of hydrogen-bond acceptors (Lipinski definition) is 2. The highest BCUT2D eigenvalue weighted by Gasteiger charge is 2.13. The fourth-order valence-electron chi connectivity index (χ4n) is 2.10. The van der Waals surface area contributed by atoms with Crippen molar-refractivity contribution in [3.63, 3.8) is 0 Å². The maximum Gasteiger partial charge on any atom is 0.129 e. The van der Waals surface area contributed by atoms with Crippen LogP contribution in [0.25, 0.3) is 0 Å². The molecule has 1 atom stereocenters. The summed E-state index contributed by atoms with van der Waals surface area (Å²) in [7, 11) is 0. The number of phenolic OH excluding ortho intramolecular Hbond substituents is 1. The molecule has 5 heteroatoms. The average Bonchev–Trinajstić information content (AvgIpc) is 2.42. The SMILES string of the molecule is CC(Cc1c(F)cccc1F)NCc1c(O)cccc1Cl. The lowest BCUT2D eigenvalue weighted by atomic mass is 10.1. The molecule has 0 radical (unpaired) electrons. The number of hydrogen-bond donors (Lipinski definition) is 2. The fourth-order valence-corrected chi connectivity index (χ4v) is 2.34. The Balaban J connectivity index is 2.01. The summed E-state index contributed by atoms with van der Waals surface area (Å²) in [5.41, 5.74) is 0.626. The first-order chi connectivity index (χ1) is 9.99. The molecule has 2 N–H and O–H groups in total. The third-order valence-corrected chi connectivity index (χ3v) is 3.65. The van der Waals surface area contributed by atoms with Crippen LogP contribution in [0.4, 0.5) is 8.78 Å². The Hall–Kier alpha value is -1.65. The molecule has 0 spiro atoms. The minimum Gasteiger partial charge on any atom is -0.508 e. The van der Waals surface area contributed by atoms with Gasteiger partial charge < -0.3 is 10.4 Å². The van der Waals surface area contributed by atoms with E-state index in [9.17, 15) is 13.9 Å². The van der Waals surface area contributed by atoms with Crippen LogP contribution in [-0.2, 0) is 13.0 Å². The van der Waals surface area contributed by atoms with E-state index >= 15 is 0 Å². The van der Waals surface area contributed by atoms with Crippen molar-refractivity contribution in [2.45, 2.75) is 25.9 Å². The molecule has 0 aliphatic rings. The van der Waals surface area contributed by atoms with E-state index in [1.54, 1.807) is 18.2 Å². The van der Waals surface area contributed by atoms with Crippen LogP contribution in [0.5, 0.6) is 5.75 Å². The van der Waals surface area contributed by atoms with E-state index in [0.717, 1.165) is 0 Å². The molecule has 112 valence electrons. The first-order valence-electron chi connectivity index (χ1n) is 6.61. The number of halogens is 3. The highest BCUT2D eigenvalue weighted by molar-refractivity contribution is 6.31. The van der Waals surface area contributed by atoms with Crippen LogP contribution in [0.2, 0.25) is 5.02 Å². The molecule has 0 bridgehead atoms. The molecule has 0 fully saturated rings. The predicted molar refractivity (Wildman–Crippen MR) is 79.5 cm³/mol. The summed E-state index contributed by atoms with van der Waals surface area (Å²) in [6.45, 7) is 2.14. The van der Waals surface area contributed by atoms with Gasteiger partial charge in [0.15, 0.2) is 0 Å². The van der Waals surface area contributed by atoms with E-state index in [1.165, 1.54) is 18.2 Å². The molecule has 0 aliphatic heterocycles. The molecule has 1 unspecified atom stereocenters. The summed E-state index contributed by atoms with van der Waals surface area (Å²) < 4.78 is 27.1. The van der Waals surface area contributed by atoms with E-state index < -0.39 is 11.6 Å². The zero-order valence-electron chi connectivity index (χ0n) is 11.5. The van der Waals surface area contributed by atoms with Crippen LogP contribution < -0.4 is 5.32 Å². The highest BCUT2D eigenvalue weighted by atomic mass is 35.5. The van der Waals surface area contributed by atoms with Gasteiger partial charge in [-0.3, -0.25) is 0 Å². The third kappa shape index (κ3) is 3.93. The van der Waals surface area contributed by atoms with Gasteiger partial charge in [-0.15, -0.1) is 0 Å². The second kappa shape index (κ2) is 6.87. The first-order valence-corrected chi connectivity index (χ1v) is 6.99. The quantitative estimate of drug-likeness (QED) is 0.873. The maximum atomic E-state index is 13.6. The van der Waals surface area contributed by atoms with E-state index in [4.69, 9.17) is 11.6 Å². The third-order valence-electron chi connectivity index (χ3n) is 3.29. The van der Waals surface area contributed by atoms with Gasteiger partial charge >= 0.3 is 0 Å². The molecular weight excluding hydrogens is 296 g/mol. The average molecular weight is 312 g/mol. The Morgan fingerprint density at radius 3 is 2.33 bits per heavy atom. The smallest absolute Gasteiger partial charge is 0.129 e. The number of nitrogens with one attached hydrogen (secondary N) is 1. The Morgan fingerprint density at radius 2 is 1.71 bits per heavy atom. The lowest BCUT2D eigenvalue weighted by molar-refractivity contribution is 0.455. The molecule has 0 amide bonds. The van der Waals surface area contributed by atoms with Gasteiger partial charge in [-0.05, 0) is 37.6 Å². The molecule has 2 nitrogen and oxygen atoms in total. The normalized spacial score (nSPS) is 12.4.